The Labute approximate surface area is 101 Å². The van der Waals surface area contributed by atoms with E-state index in [9.17, 15) is 48.1 Å². The number of hydrogen-bond donors (Lipinski definition) is 0. The maximum atomic E-state index is 12.2. The summed E-state index contributed by atoms with van der Waals surface area (Å²) < 4.78 is 123. The van der Waals surface area contributed by atoms with Crippen LogP contribution in [0.25, 0.3) is 0 Å². The number of alkyl halides is 8. The van der Waals surface area contributed by atoms with Crippen LogP contribution in [0.3, 0.4) is 0 Å². The zero-order valence-corrected chi connectivity index (χ0v) is 8.55. The molecule has 0 spiro atoms. The zero-order chi connectivity index (χ0) is 13.6. The van der Waals surface area contributed by atoms with Crippen molar-refractivity contribution in [3.05, 3.63) is 0 Å². The van der Waals surface area contributed by atoms with Crippen LogP contribution in [0.15, 0.2) is 0 Å². The van der Waals surface area contributed by atoms with Gasteiger partial charge in [0, 0.05) is 0 Å². The van der Waals surface area contributed by atoms with E-state index in [1.165, 1.54) is 0 Å². The number of hydrogen-bond acceptors (Lipinski definition) is 3. The first-order valence-electron chi connectivity index (χ1n) is 3.07. The van der Waals surface area contributed by atoms with E-state index < -0.39 is 33.6 Å². The topological polar surface area (TPSA) is 57.2 Å². The Hall–Kier alpha value is -0.0526. The van der Waals surface area contributed by atoms with Crippen LogP contribution in [0.2, 0.25) is 0 Å². The largest absolute Gasteiger partial charge is 1.00 e. The summed E-state index contributed by atoms with van der Waals surface area (Å²) >= 11 is 0. The van der Waals surface area contributed by atoms with Crippen LogP contribution >= 0.6 is 0 Å². The Morgan fingerprint density at radius 1 is 0.941 bits per heavy atom. The monoisotopic (exact) mass is 288 g/mol. The predicted molar refractivity (Wildman–Crippen MR) is 30.5 cm³/mol. The zero-order valence-electron chi connectivity index (χ0n) is 7.73. The van der Waals surface area contributed by atoms with Crippen LogP contribution in [0.5, 0.6) is 0 Å². The van der Waals surface area contributed by atoms with Gasteiger partial charge in [0.2, 0.25) is 0 Å². The summed E-state index contributed by atoms with van der Waals surface area (Å²) in [4.78, 5) is 0. The second-order valence-electron chi connectivity index (χ2n) is 2.50. The van der Waals surface area contributed by atoms with E-state index in [0.29, 0.717) is 0 Å². The Bertz CT molecular complexity index is 361. The number of halogens is 8. The first-order valence-corrected chi connectivity index (χ1v) is 4.54. The van der Waals surface area contributed by atoms with Crippen LogP contribution in [-0.2, 0) is 10.1 Å². The average molecular weight is 288 g/mol. The summed E-state index contributed by atoms with van der Waals surface area (Å²) in [6, 6.07) is 0. The molecule has 17 heavy (non-hydrogen) atoms. The van der Waals surface area contributed by atoms with Gasteiger partial charge in [0.25, 0.3) is 5.50 Å². The predicted octanol–water partition coefficient (Wildman–Crippen LogP) is -1.34. The van der Waals surface area contributed by atoms with Crippen LogP contribution < -0.4 is 18.9 Å². The summed E-state index contributed by atoms with van der Waals surface area (Å²) in [5.41, 5.74) is -5.20. The standard InChI is InChI=1S/C4H2F8O3S.Li/c5-1(16(13,14)15)2(6,7)3(8,9)4(10,11)12;/h1H,(H,13,14,15);/q;+1/p-1. The smallest absolute Gasteiger partial charge is 0.746 e. The van der Waals surface area contributed by atoms with E-state index >= 15 is 0 Å². The van der Waals surface area contributed by atoms with Gasteiger partial charge in [-0.05, 0) is 0 Å². The second kappa shape index (κ2) is 4.91. The molecule has 0 aromatic rings. The molecule has 0 amide bonds. The molecule has 0 bridgehead atoms. The molecule has 0 aliphatic heterocycles. The fourth-order valence-electron chi connectivity index (χ4n) is 0.513. The fourth-order valence-corrected chi connectivity index (χ4v) is 1.02. The maximum absolute atomic E-state index is 12.2. The molecule has 0 radical (unpaired) electrons. The van der Waals surface area contributed by atoms with Crippen LogP contribution in [-0.4, -0.2) is 36.5 Å². The molecule has 1 unspecified atom stereocenters. The van der Waals surface area contributed by atoms with E-state index in [-0.39, 0.29) is 18.9 Å². The molecule has 0 fully saturated rings. The average Bonchev–Trinajstić information content (AvgIpc) is 1.98. The summed E-state index contributed by atoms with van der Waals surface area (Å²) in [6.07, 6.45) is -6.90. The third kappa shape index (κ3) is 3.46. The van der Waals surface area contributed by atoms with Crippen molar-refractivity contribution in [1.82, 2.24) is 0 Å². The SMILES string of the molecule is O=S(=O)([O-])C(F)C(F)(F)C(F)(F)C(F)(F)F.[Li+]. The Morgan fingerprint density at radius 3 is 1.41 bits per heavy atom. The first-order chi connectivity index (χ1) is 6.65. The first kappa shape index (κ1) is 19.3. The van der Waals surface area contributed by atoms with Crippen LogP contribution in [0.4, 0.5) is 35.1 Å². The molecule has 0 heterocycles. The van der Waals surface area contributed by atoms with Crippen LogP contribution in [0.1, 0.15) is 0 Å². The van der Waals surface area contributed by atoms with Gasteiger partial charge >= 0.3 is 36.9 Å². The van der Waals surface area contributed by atoms with Crippen molar-refractivity contribution >= 4 is 10.1 Å². The van der Waals surface area contributed by atoms with Crippen molar-refractivity contribution in [1.29, 1.82) is 0 Å². The minimum atomic E-state index is -6.98. The van der Waals surface area contributed by atoms with Gasteiger partial charge in [-0.3, -0.25) is 0 Å². The molecule has 0 aromatic heterocycles. The van der Waals surface area contributed by atoms with Gasteiger partial charge in [-0.1, -0.05) is 0 Å². The van der Waals surface area contributed by atoms with Gasteiger partial charge in [0.05, 0.1) is 0 Å². The fraction of sp³-hybridized carbons (Fsp3) is 1.00. The van der Waals surface area contributed by atoms with Crippen molar-refractivity contribution in [2.75, 3.05) is 0 Å². The minimum Gasteiger partial charge on any atom is -0.746 e. The molecule has 98 valence electrons. The Balaban J connectivity index is 0. The summed E-state index contributed by atoms with van der Waals surface area (Å²) in [6.45, 7) is 0. The van der Waals surface area contributed by atoms with E-state index in [1.807, 2.05) is 0 Å². The van der Waals surface area contributed by atoms with E-state index in [1.54, 1.807) is 0 Å². The van der Waals surface area contributed by atoms with Gasteiger partial charge in [-0.2, -0.15) is 30.7 Å². The molecular formula is C4HF8LiO3S. The quantitative estimate of drug-likeness (QED) is 0.367. The number of rotatable bonds is 3. The van der Waals surface area contributed by atoms with Gasteiger partial charge in [-0.25, -0.2) is 12.8 Å². The van der Waals surface area contributed by atoms with Crippen molar-refractivity contribution in [3.8, 4) is 0 Å². The molecule has 0 aliphatic carbocycles. The molecule has 13 heteroatoms. The third-order valence-electron chi connectivity index (χ3n) is 1.31. The van der Waals surface area contributed by atoms with Crippen molar-refractivity contribution in [3.63, 3.8) is 0 Å². The molecule has 0 rings (SSSR count). The van der Waals surface area contributed by atoms with Crippen molar-refractivity contribution in [2.24, 2.45) is 0 Å². The molecule has 0 saturated carbocycles. The third-order valence-corrected chi connectivity index (χ3v) is 2.12. The maximum Gasteiger partial charge on any atom is 1.00 e. The van der Waals surface area contributed by atoms with Gasteiger partial charge in [-0.15, -0.1) is 0 Å². The molecule has 0 aromatic carbocycles. The van der Waals surface area contributed by atoms with Crippen molar-refractivity contribution < 1.29 is 67.0 Å². The van der Waals surface area contributed by atoms with E-state index in [0.717, 1.165) is 0 Å². The molecular weight excluding hydrogens is 287 g/mol. The molecule has 0 saturated heterocycles. The summed E-state index contributed by atoms with van der Waals surface area (Å²) in [5, 5.41) is 0. The molecule has 3 nitrogen and oxygen atoms in total. The van der Waals surface area contributed by atoms with E-state index in [2.05, 4.69) is 0 Å². The minimum absolute atomic E-state index is 0. The Morgan fingerprint density at radius 2 is 1.24 bits per heavy atom. The second-order valence-corrected chi connectivity index (χ2v) is 3.90. The molecule has 1 atom stereocenters. The summed E-state index contributed by atoms with van der Waals surface area (Å²) in [7, 11) is -6.65. The van der Waals surface area contributed by atoms with Crippen LogP contribution in [0, 0.1) is 0 Å². The Kier molecular flexibility index (Phi) is 5.57. The normalized spacial score (nSPS) is 16.3. The van der Waals surface area contributed by atoms with E-state index in [4.69, 9.17) is 0 Å². The van der Waals surface area contributed by atoms with Crippen molar-refractivity contribution in [2.45, 2.75) is 23.5 Å². The van der Waals surface area contributed by atoms with Gasteiger partial charge in [0.15, 0.2) is 0 Å². The summed E-state index contributed by atoms with van der Waals surface area (Å²) in [5.74, 6) is -13.7. The van der Waals surface area contributed by atoms with Gasteiger partial charge in [0.1, 0.15) is 10.1 Å². The molecule has 0 N–H and O–H groups in total. The van der Waals surface area contributed by atoms with Gasteiger partial charge < -0.3 is 4.55 Å². The molecule has 0 aliphatic rings.